The molecule has 0 heterocycles. The number of hydrogen-bond acceptors (Lipinski definition) is 2. The highest BCUT2D eigenvalue weighted by molar-refractivity contribution is 6.30. The normalized spacial score (nSPS) is 10.4. The first-order chi connectivity index (χ1) is 8.63. The van der Waals surface area contributed by atoms with E-state index >= 15 is 0 Å². The van der Waals surface area contributed by atoms with Gasteiger partial charge in [0.05, 0.1) is 0 Å². The van der Waals surface area contributed by atoms with Crippen LogP contribution in [-0.4, -0.2) is 12.3 Å². The Balaban J connectivity index is 0. The summed E-state index contributed by atoms with van der Waals surface area (Å²) in [7, 11) is 0. The maximum Gasteiger partial charge on any atom is 0.130 e. The van der Waals surface area contributed by atoms with Crippen molar-refractivity contribution in [3.05, 3.63) is 34.9 Å². The average molecular weight is 272 g/mol. The minimum Gasteiger partial charge on any atom is -0.330 e. The summed E-state index contributed by atoms with van der Waals surface area (Å²) in [4.78, 5) is 11.0. The summed E-state index contributed by atoms with van der Waals surface area (Å²) >= 11 is 5.77. The summed E-state index contributed by atoms with van der Waals surface area (Å²) in [5.74, 6) is 0.278. The second kappa shape index (κ2) is 12.6. The van der Waals surface area contributed by atoms with Gasteiger partial charge in [-0.1, -0.05) is 51.4 Å². The number of rotatable bonds is 4. The van der Waals surface area contributed by atoms with E-state index in [4.69, 9.17) is 17.3 Å². The molecule has 1 unspecified atom stereocenters. The molecule has 0 saturated carbocycles. The van der Waals surface area contributed by atoms with Crippen LogP contribution in [0.2, 0.25) is 5.02 Å². The maximum absolute atomic E-state index is 11.0. The van der Waals surface area contributed by atoms with E-state index in [0.29, 0.717) is 18.0 Å². The van der Waals surface area contributed by atoms with Gasteiger partial charge < -0.3 is 10.5 Å². The van der Waals surface area contributed by atoms with E-state index in [1.54, 1.807) is 6.92 Å². The summed E-state index contributed by atoms with van der Waals surface area (Å²) in [5, 5.41) is 0.701. The van der Waals surface area contributed by atoms with Crippen LogP contribution in [0.1, 0.15) is 52.5 Å². The van der Waals surface area contributed by atoms with Crippen LogP contribution in [0.3, 0.4) is 0 Å². The monoisotopic (exact) mass is 271 g/mol. The zero-order valence-corrected chi connectivity index (χ0v) is 12.9. The van der Waals surface area contributed by atoms with Crippen molar-refractivity contribution in [1.29, 1.82) is 0 Å². The van der Waals surface area contributed by atoms with E-state index in [-0.39, 0.29) is 11.7 Å². The number of nitrogens with two attached hydrogens (primary N) is 1. The van der Waals surface area contributed by atoms with Crippen LogP contribution in [0.5, 0.6) is 0 Å². The molecule has 0 aliphatic heterocycles. The van der Waals surface area contributed by atoms with Gasteiger partial charge in [0.2, 0.25) is 0 Å². The van der Waals surface area contributed by atoms with Crippen LogP contribution < -0.4 is 5.73 Å². The maximum atomic E-state index is 11.0. The lowest BCUT2D eigenvalue weighted by molar-refractivity contribution is -0.117. The number of ketones is 1. The lowest BCUT2D eigenvalue weighted by Gasteiger charge is -2.13. The number of hydrogen-bond donors (Lipinski definition) is 1. The minimum atomic E-state index is 0.116. The van der Waals surface area contributed by atoms with Crippen molar-refractivity contribution in [2.45, 2.75) is 47.0 Å². The standard InChI is InChI=1S/C11H14ClNO.2C2H6/c1-8(14)6-10(7-13)9-2-4-11(12)5-3-9;2*1-2/h2-5,10H,6-7,13H2,1H3;2*1-2H3. The molecule has 0 aromatic heterocycles. The molecule has 1 aromatic rings. The van der Waals surface area contributed by atoms with Gasteiger partial charge in [-0.3, -0.25) is 0 Å². The third-order valence-corrected chi connectivity index (χ3v) is 2.41. The molecule has 104 valence electrons. The largest absolute Gasteiger partial charge is 0.330 e. The Hall–Kier alpha value is -0.860. The van der Waals surface area contributed by atoms with Crippen molar-refractivity contribution in [2.75, 3.05) is 6.54 Å². The molecule has 1 rings (SSSR count). The first-order valence-electron chi connectivity index (χ1n) is 6.58. The predicted molar refractivity (Wildman–Crippen MR) is 81.2 cm³/mol. The molecule has 2 N–H and O–H groups in total. The third kappa shape index (κ3) is 8.26. The van der Waals surface area contributed by atoms with Crippen molar-refractivity contribution >= 4 is 17.4 Å². The van der Waals surface area contributed by atoms with Gasteiger partial charge in [-0.2, -0.15) is 0 Å². The number of Topliss-reactive ketones (excluding diaryl/α,β-unsaturated/α-hetero) is 1. The van der Waals surface area contributed by atoms with Crippen molar-refractivity contribution in [2.24, 2.45) is 5.73 Å². The van der Waals surface area contributed by atoms with Crippen LogP contribution in [0, 0.1) is 0 Å². The van der Waals surface area contributed by atoms with E-state index in [2.05, 4.69) is 0 Å². The molecular weight excluding hydrogens is 246 g/mol. The van der Waals surface area contributed by atoms with E-state index in [1.807, 2.05) is 52.0 Å². The van der Waals surface area contributed by atoms with Gasteiger partial charge in [0.1, 0.15) is 5.78 Å². The molecule has 2 nitrogen and oxygen atoms in total. The fourth-order valence-electron chi connectivity index (χ4n) is 1.42. The fraction of sp³-hybridized carbons (Fsp3) is 0.533. The molecule has 3 heteroatoms. The summed E-state index contributed by atoms with van der Waals surface area (Å²) in [6.07, 6.45) is 0.498. The van der Waals surface area contributed by atoms with Crippen molar-refractivity contribution < 1.29 is 4.79 Å². The Morgan fingerprint density at radius 1 is 1.17 bits per heavy atom. The van der Waals surface area contributed by atoms with Gasteiger partial charge in [0.15, 0.2) is 0 Å². The molecule has 1 aromatic carbocycles. The van der Waals surface area contributed by atoms with Gasteiger partial charge in [-0.25, -0.2) is 0 Å². The van der Waals surface area contributed by atoms with Crippen LogP contribution in [0.4, 0.5) is 0 Å². The second-order valence-corrected chi connectivity index (χ2v) is 3.83. The molecule has 0 spiro atoms. The first kappa shape index (κ1) is 19.5. The van der Waals surface area contributed by atoms with Gasteiger partial charge >= 0.3 is 0 Å². The highest BCUT2D eigenvalue weighted by Crippen LogP contribution is 2.20. The Kier molecular flexibility index (Phi) is 13.6. The summed E-state index contributed by atoms with van der Waals surface area (Å²) in [5.41, 5.74) is 6.68. The summed E-state index contributed by atoms with van der Waals surface area (Å²) in [6, 6.07) is 7.48. The number of carbonyl (C=O) groups is 1. The molecule has 0 saturated heterocycles. The summed E-state index contributed by atoms with van der Waals surface area (Å²) in [6.45, 7) is 10.1. The quantitative estimate of drug-likeness (QED) is 0.881. The highest BCUT2D eigenvalue weighted by Gasteiger charge is 2.11. The van der Waals surface area contributed by atoms with E-state index < -0.39 is 0 Å². The van der Waals surface area contributed by atoms with E-state index in [1.165, 1.54) is 0 Å². The molecule has 0 amide bonds. The number of halogens is 1. The number of benzene rings is 1. The predicted octanol–water partition coefficient (Wildman–Crippen LogP) is 4.41. The van der Waals surface area contributed by atoms with Crippen LogP contribution in [0.15, 0.2) is 24.3 Å². The van der Waals surface area contributed by atoms with Crippen molar-refractivity contribution in [3.8, 4) is 0 Å². The molecule has 0 aliphatic rings. The Morgan fingerprint density at radius 2 is 1.61 bits per heavy atom. The SMILES string of the molecule is CC.CC.CC(=O)CC(CN)c1ccc(Cl)cc1. The Bertz CT molecular complexity index is 309. The van der Waals surface area contributed by atoms with E-state index in [9.17, 15) is 4.79 Å². The molecule has 0 aliphatic carbocycles. The molecule has 0 fully saturated rings. The van der Waals surface area contributed by atoms with Gasteiger partial charge in [0.25, 0.3) is 0 Å². The molecular formula is C15H26ClNO. The molecule has 0 bridgehead atoms. The first-order valence-corrected chi connectivity index (χ1v) is 6.96. The number of carbonyl (C=O) groups excluding carboxylic acids is 1. The minimum absolute atomic E-state index is 0.116. The topological polar surface area (TPSA) is 43.1 Å². The Labute approximate surface area is 117 Å². The zero-order chi connectivity index (χ0) is 14.6. The van der Waals surface area contributed by atoms with Crippen molar-refractivity contribution in [1.82, 2.24) is 0 Å². The fourth-order valence-corrected chi connectivity index (χ4v) is 1.55. The van der Waals surface area contributed by atoms with Gasteiger partial charge in [-0.05, 0) is 31.2 Å². The smallest absolute Gasteiger partial charge is 0.130 e. The van der Waals surface area contributed by atoms with E-state index in [0.717, 1.165) is 5.56 Å². The second-order valence-electron chi connectivity index (χ2n) is 3.39. The van der Waals surface area contributed by atoms with Crippen molar-refractivity contribution in [3.63, 3.8) is 0 Å². The molecule has 18 heavy (non-hydrogen) atoms. The molecule has 1 atom stereocenters. The highest BCUT2D eigenvalue weighted by atomic mass is 35.5. The lowest BCUT2D eigenvalue weighted by Crippen LogP contribution is -2.15. The average Bonchev–Trinajstić information content (AvgIpc) is 2.41. The van der Waals surface area contributed by atoms with Crippen LogP contribution >= 0.6 is 11.6 Å². The zero-order valence-electron chi connectivity index (χ0n) is 12.2. The van der Waals surface area contributed by atoms with Gasteiger partial charge in [0, 0.05) is 17.4 Å². The Morgan fingerprint density at radius 3 is 1.94 bits per heavy atom. The molecule has 0 radical (unpaired) electrons. The van der Waals surface area contributed by atoms with Gasteiger partial charge in [-0.15, -0.1) is 0 Å². The summed E-state index contributed by atoms with van der Waals surface area (Å²) < 4.78 is 0. The van der Waals surface area contributed by atoms with Crippen LogP contribution in [-0.2, 0) is 4.79 Å². The van der Waals surface area contributed by atoms with Crippen LogP contribution in [0.25, 0.3) is 0 Å². The lowest BCUT2D eigenvalue weighted by atomic mass is 9.94. The third-order valence-electron chi connectivity index (χ3n) is 2.16.